The zero-order chi connectivity index (χ0) is 15.1. The average molecular weight is 281 g/mol. The smallest absolute Gasteiger partial charge is 0.273 e. The second kappa shape index (κ2) is 7.69. The van der Waals surface area contributed by atoms with Crippen LogP contribution in [-0.2, 0) is 4.74 Å². The number of nitro benzene ring substituents is 1. The highest BCUT2D eigenvalue weighted by Gasteiger charge is 2.17. The second-order valence-corrected chi connectivity index (χ2v) is 4.69. The summed E-state index contributed by atoms with van der Waals surface area (Å²) >= 11 is 0. The summed E-state index contributed by atoms with van der Waals surface area (Å²) in [5, 5.41) is 14.0. The number of anilines is 2. The van der Waals surface area contributed by atoms with Gasteiger partial charge in [-0.2, -0.15) is 0 Å². The van der Waals surface area contributed by atoms with Gasteiger partial charge in [-0.1, -0.05) is 6.92 Å². The minimum Gasteiger partial charge on any atom is -0.388 e. The van der Waals surface area contributed by atoms with Crippen molar-refractivity contribution in [1.29, 1.82) is 0 Å². The number of hydrogen-bond acceptors (Lipinski definition) is 5. The van der Waals surface area contributed by atoms with E-state index < -0.39 is 0 Å². The van der Waals surface area contributed by atoms with Crippen molar-refractivity contribution in [2.24, 2.45) is 0 Å². The molecule has 6 heteroatoms. The number of rotatable bonds is 8. The molecule has 1 atom stereocenters. The van der Waals surface area contributed by atoms with Gasteiger partial charge in [-0.15, -0.1) is 0 Å². The van der Waals surface area contributed by atoms with Crippen molar-refractivity contribution in [3.8, 4) is 0 Å². The Morgan fingerprint density at radius 3 is 2.65 bits per heavy atom. The molecule has 1 rings (SSSR count). The molecule has 0 aliphatic heterocycles. The first-order valence-electron chi connectivity index (χ1n) is 6.76. The van der Waals surface area contributed by atoms with E-state index in [9.17, 15) is 10.1 Å². The number of nitrogens with one attached hydrogen (secondary N) is 1. The summed E-state index contributed by atoms with van der Waals surface area (Å²) in [5.74, 6) is 0. The van der Waals surface area contributed by atoms with Crippen molar-refractivity contribution in [2.45, 2.75) is 26.3 Å². The highest BCUT2D eigenvalue weighted by Crippen LogP contribution is 2.28. The second-order valence-electron chi connectivity index (χ2n) is 4.69. The van der Waals surface area contributed by atoms with E-state index in [2.05, 4.69) is 24.1 Å². The lowest BCUT2D eigenvalue weighted by Crippen LogP contribution is -2.35. The number of ether oxygens (including phenoxy) is 1. The molecular weight excluding hydrogens is 258 g/mol. The Bertz CT molecular complexity index is 451. The van der Waals surface area contributed by atoms with Crippen LogP contribution in [0.2, 0.25) is 0 Å². The van der Waals surface area contributed by atoms with E-state index in [1.54, 1.807) is 20.2 Å². The summed E-state index contributed by atoms with van der Waals surface area (Å²) in [6.45, 7) is 5.49. The van der Waals surface area contributed by atoms with Crippen LogP contribution in [0.5, 0.6) is 0 Å². The molecule has 0 amide bonds. The van der Waals surface area contributed by atoms with Crippen LogP contribution in [0.15, 0.2) is 18.2 Å². The first-order chi connectivity index (χ1) is 9.53. The number of non-ortho nitro benzene ring substituents is 1. The number of nitro groups is 1. The van der Waals surface area contributed by atoms with Crippen LogP contribution in [0.1, 0.15) is 20.3 Å². The van der Waals surface area contributed by atoms with Gasteiger partial charge in [0, 0.05) is 50.3 Å². The summed E-state index contributed by atoms with van der Waals surface area (Å²) in [4.78, 5) is 12.8. The molecule has 0 bridgehead atoms. The Morgan fingerprint density at radius 1 is 1.45 bits per heavy atom. The van der Waals surface area contributed by atoms with Gasteiger partial charge in [-0.25, -0.2) is 0 Å². The monoisotopic (exact) mass is 281 g/mol. The Morgan fingerprint density at radius 2 is 2.15 bits per heavy atom. The van der Waals surface area contributed by atoms with E-state index >= 15 is 0 Å². The molecule has 6 nitrogen and oxygen atoms in total. The summed E-state index contributed by atoms with van der Waals surface area (Å²) in [7, 11) is 3.41. The lowest BCUT2D eigenvalue weighted by molar-refractivity contribution is -0.384. The standard InChI is InChI=1S/C14H23N3O3/c1-5-11(2)16(6-7-20-4)13-8-12(15-3)9-14(10-13)17(18)19/h8-11,15H,5-7H2,1-4H3. The molecule has 1 aromatic rings. The summed E-state index contributed by atoms with van der Waals surface area (Å²) in [5.41, 5.74) is 1.67. The van der Waals surface area contributed by atoms with Gasteiger partial charge in [-0.3, -0.25) is 10.1 Å². The third-order valence-corrected chi connectivity index (χ3v) is 3.39. The van der Waals surface area contributed by atoms with Crippen molar-refractivity contribution in [1.82, 2.24) is 0 Å². The van der Waals surface area contributed by atoms with Crippen LogP contribution in [-0.4, -0.2) is 38.3 Å². The Hall–Kier alpha value is -1.82. The van der Waals surface area contributed by atoms with Crippen LogP contribution in [0, 0.1) is 10.1 Å². The molecule has 0 saturated carbocycles. The quantitative estimate of drug-likeness (QED) is 0.586. The third-order valence-electron chi connectivity index (χ3n) is 3.39. The van der Waals surface area contributed by atoms with Crippen LogP contribution < -0.4 is 10.2 Å². The van der Waals surface area contributed by atoms with E-state index in [0.29, 0.717) is 13.2 Å². The predicted octanol–water partition coefficient (Wildman–Crippen LogP) is 2.89. The van der Waals surface area contributed by atoms with Gasteiger partial charge in [-0.05, 0) is 19.4 Å². The summed E-state index contributed by atoms with van der Waals surface area (Å²) in [6, 6.07) is 5.36. The maximum absolute atomic E-state index is 11.0. The van der Waals surface area contributed by atoms with Gasteiger partial charge in [0.1, 0.15) is 0 Å². The topological polar surface area (TPSA) is 67.6 Å². The van der Waals surface area contributed by atoms with Gasteiger partial charge in [0.15, 0.2) is 0 Å². The number of benzene rings is 1. The van der Waals surface area contributed by atoms with Crippen molar-refractivity contribution in [3.05, 3.63) is 28.3 Å². The van der Waals surface area contributed by atoms with Gasteiger partial charge < -0.3 is 15.0 Å². The Balaban J connectivity index is 3.16. The number of nitrogens with zero attached hydrogens (tertiary/aromatic N) is 2. The summed E-state index contributed by atoms with van der Waals surface area (Å²) < 4.78 is 5.13. The SMILES string of the molecule is CCC(C)N(CCOC)c1cc(NC)cc([N+](=O)[O-])c1. The van der Waals surface area contributed by atoms with Gasteiger partial charge in [0.05, 0.1) is 11.5 Å². The largest absolute Gasteiger partial charge is 0.388 e. The molecule has 0 aromatic heterocycles. The zero-order valence-corrected chi connectivity index (χ0v) is 12.5. The number of hydrogen-bond donors (Lipinski definition) is 1. The average Bonchev–Trinajstić information content (AvgIpc) is 2.46. The van der Waals surface area contributed by atoms with Crippen LogP contribution in [0.3, 0.4) is 0 Å². The fourth-order valence-electron chi connectivity index (χ4n) is 2.02. The molecule has 20 heavy (non-hydrogen) atoms. The molecule has 0 radical (unpaired) electrons. The first-order valence-corrected chi connectivity index (χ1v) is 6.76. The van der Waals surface area contributed by atoms with E-state index in [1.807, 2.05) is 6.07 Å². The molecular formula is C14H23N3O3. The van der Waals surface area contributed by atoms with Crippen LogP contribution in [0.25, 0.3) is 0 Å². The predicted molar refractivity (Wildman–Crippen MR) is 81.6 cm³/mol. The van der Waals surface area contributed by atoms with Crippen molar-refractivity contribution in [2.75, 3.05) is 37.5 Å². The molecule has 0 aliphatic carbocycles. The molecule has 0 spiro atoms. The Kier molecular flexibility index (Phi) is 6.24. The van der Waals surface area contributed by atoms with E-state index in [-0.39, 0.29) is 16.7 Å². The molecule has 1 N–H and O–H groups in total. The van der Waals surface area contributed by atoms with E-state index in [0.717, 1.165) is 17.8 Å². The molecule has 0 fully saturated rings. The molecule has 0 saturated heterocycles. The number of methoxy groups -OCH3 is 1. The normalized spacial score (nSPS) is 12.0. The molecule has 0 heterocycles. The highest BCUT2D eigenvalue weighted by molar-refractivity contribution is 5.64. The molecule has 1 unspecified atom stereocenters. The Labute approximate surface area is 119 Å². The van der Waals surface area contributed by atoms with E-state index in [1.165, 1.54) is 6.07 Å². The van der Waals surface area contributed by atoms with Crippen molar-refractivity contribution >= 4 is 17.1 Å². The molecule has 112 valence electrons. The van der Waals surface area contributed by atoms with Gasteiger partial charge in [0.25, 0.3) is 5.69 Å². The highest BCUT2D eigenvalue weighted by atomic mass is 16.6. The minimum atomic E-state index is -0.366. The maximum atomic E-state index is 11.0. The summed E-state index contributed by atoms with van der Waals surface area (Å²) in [6.07, 6.45) is 0.960. The zero-order valence-electron chi connectivity index (χ0n) is 12.5. The van der Waals surface area contributed by atoms with Crippen LogP contribution in [0.4, 0.5) is 17.1 Å². The fraction of sp³-hybridized carbons (Fsp3) is 0.571. The van der Waals surface area contributed by atoms with Crippen molar-refractivity contribution in [3.63, 3.8) is 0 Å². The van der Waals surface area contributed by atoms with Crippen LogP contribution >= 0.6 is 0 Å². The fourth-order valence-corrected chi connectivity index (χ4v) is 2.02. The first kappa shape index (κ1) is 16.2. The molecule has 1 aromatic carbocycles. The minimum absolute atomic E-state index is 0.0950. The van der Waals surface area contributed by atoms with Crippen molar-refractivity contribution < 1.29 is 9.66 Å². The maximum Gasteiger partial charge on any atom is 0.273 e. The van der Waals surface area contributed by atoms with Gasteiger partial charge in [0.2, 0.25) is 0 Å². The van der Waals surface area contributed by atoms with E-state index in [4.69, 9.17) is 4.74 Å². The lowest BCUT2D eigenvalue weighted by Gasteiger charge is -2.30. The lowest BCUT2D eigenvalue weighted by atomic mass is 10.1. The third kappa shape index (κ3) is 4.09. The van der Waals surface area contributed by atoms with Gasteiger partial charge >= 0.3 is 0 Å². The molecule has 0 aliphatic rings.